The van der Waals surface area contributed by atoms with Crippen molar-refractivity contribution in [3.63, 3.8) is 0 Å². The van der Waals surface area contributed by atoms with Gasteiger partial charge in [0.2, 0.25) is 5.91 Å². The fourth-order valence-electron chi connectivity index (χ4n) is 2.08. The van der Waals surface area contributed by atoms with Crippen molar-refractivity contribution in [2.45, 2.75) is 32.2 Å². The molecule has 2 N–H and O–H groups in total. The second-order valence-electron chi connectivity index (χ2n) is 4.86. The van der Waals surface area contributed by atoms with E-state index >= 15 is 0 Å². The number of ether oxygens (including phenoxy) is 2. The topological polar surface area (TPSA) is 76.7 Å². The van der Waals surface area contributed by atoms with E-state index in [1.54, 1.807) is 14.0 Å². The lowest BCUT2D eigenvalue weighted by Crippen LogP contribution is -2.50. The van der Waals surface area contributed by atoms with E-state index in [9.17, 15) is 9.59 Å². The minimum atomic E-state index is -0.604. The van der Waals surface area contributed by atoms with Crippen molar-refractivity contribution in [2.75, 3.05) is 27.4 Å². The molecule has 0 unspecified atom stereocenters. The van der Waals surface area contributed by atoms with Gasteiger partial charge in [-0.1, -0.05) is 6.42 Å². The van der Waals surface area contributed by atoms with Crippen molar-refractivity contribution in [3.05, 3.63) is 0 Å². The van der Waals surface area contributed by atoms with Crippen molar-refractivity contribution in [2.24, 2.45) is 5.41 Å². The molecule has 6 nitrogen and oxygen atoms in total. The van der Waals surface area contributed by atoms with Crippen LogP contribution in [0.15, 0.2) is 0 Å². The number of hydrogen-bond acceptors (Lipinski definition) is 4. The lowest BCUT2D eigenvalue weighted by atomic mass is 9.69. The standard InChI is InChI=1S/C12H22N2O4/c1-9(14-11(16)18-3)10(15)13-7-12(8-17-2)5-4-6-12/h9H,4-8H2,1-3H3,(H,13,15)(H,14,16)/t9-/m1/s1. The van der Waals surface area contributed by atoms with E-state index in [2.05, 4.69) is 15.4 Å². The number of carbonyl (C=O) groups is 2. The third-order valence-electron chi connectivity index (χ3n) is 3.42. The van der Waals surface area contributed by atoms with Gasteiger partial charge in [0, 0.05) is 19.1 Å². The van der Waals surface area contributed by atoms with Gasteiger partial charge in [-0.05, 0) is 19.8 Å². The van der Waals surface area contributed by atoms with Gasteiger partial charge in [0.15, 0.2) is 0 Å². The molecular weight excluding hydrogens is 236 g/mol. The van der Waals surface area contributed by atoms with Crippen molar-refractivity contribution in [1.82, 2.24) is 10.6 Å². The molecule has 0 aromatic rings. The summed E-state index contributed by atoms with van der Waals surface area (Å²) in [4.78, 5) is 22.7. The van der Waals surface area contributed by atoms with Gasteiger partial charge >= 0.3 is 6.09 Å². The quantitative estimate of drug-likeness (QED) is 0.734. The van der Waals surface area contributed by atoms with Crippen molar-refractivity contribution < 1.29 is 19.1 Å². The maximum absolute atomic E-state index is 11.8. The zero-order valence-corrected chi connectivity index (χ0v) is 11.2. The Kier molecular flexibility index (Phi) is 5.40. The van der Waals surface area contributed by atoms with Crippen LogP contribution in [-0.2, 0) is 14.3 Å². The Hall–Kier alpha value is -1.30. The maximum atomic E-state index is 11.8. The lowest BCUT2D eigenvalue weighted by molar-refractivity contribution is -0.123. The highest BCUT2D eigenvalue weighted by Crippen LogP contribution is 2.40. The predicted molar refractivity (Wildman–Crippen MR) is 66.2 cm³/mol. The molecule has 0 spiro atoms. The van der Waals surface area contributed by atoms with Crippen LogP contribution in [0.5, 0.6) is 0 Å². The van der Waals surface area contributed by atoms with Gasteiger partial charge in [-0.25, -0.2) is 4.79 Å². The number of amides is 2. The molecule has 0 saturated heterocycles. The van der Waals surface area contributed by atoms with Crippen molar-refractivity contribution in [3.8, 4) is 0 Å². The van der Waals surface area contributed by atoms with Crippen LogP contribution in [0.25, 0.3) is 0 Å². The zero-order valence-electron chi connectivity index (χ0n) is 11.2. The molecule has 1 fully saturated rings. The largest absolute Gasteiger partial charge is 0.453 e. The monoisotopic (exact) mass is 258 g/mol. The minimum absolute atomic E-state index is 0.0788. The summed E-state index contributed by atoms with van der Waals surface area (Å²) in [6.45, 7) is 2.87. The smallest absolute Gasteiger partial charge is 0.407 e. The van der Waals surface area contributed by atoms with E-state index in [4.69, 9.17) is 4.74 Å². The van der Waals surface area contributed by atoms with Gasteiger partial charge < -0.3 is 20.1 Å². The Morgan fingerprint density at radius 3 is 2.44 bits per heavy atom. The highest BCUT2D eigenvalue weighted by Gasteiger charge is 2.37. The first-order chi connectivity index (χ1) is 8.53. The number of rotatable bonds is 6. The predicted octanol–water partition coefficient (Wildman–Crippen LogP) is 0.664. The molecule has 0 aliphatic heterocycles. The first-order valence-electron chi connectivity index (χ1n) is 6.14. The highest BCUT2D eigenvalue weighted by atomic mass is 16.5. The molecular formula is C12H22N2O4. The Balaban J connectivity index is 2.33. The van der Waals surface area contributed by atoms with Crippen LogP contribution in [0.1, 0.15) is 26.2 Å². The molecule has 18 heavy (non-hydrogen) atoms. The summed E-state index contributed by atoms with van der Waals surface area (Å²) in [6, 6.07) is -0.600. The Labute approximate surface area is 107 Å². The third-order valence-corrected chi connectivity index (χ3v) is 3.42. The SMILES string of the molecule is COCC1(CNC(=O)[C@@H](C)NC(=O)OC)CCC1. The van der Waals surface area contributed by atoms with E-state index in [-0.39, 0.29) is 11.3 Å². The van der Waals surface area contributed by atoms with Crippen LogP contribution in [0.2, 0.25) is 0 Å². The Morgan fingerprint density at radius 2 is 2.00 bits per heavy atom. The van der Waals surface area contributed by atoms with Crippen LogP contribution >= 0.6 is 0 Å². The fraction of sp³-hybridized carbons (Fsp3) is 0.833. The molecule has 0 radical (unpaired) electrons. The summed E-state index contributed by atoms with van der Waals surface area (Å²) in [5.74, 6) is -0.206. The molecule has 1 aliphatic rings. The average Bonchev–Trinajstić information content (AvgIpc) is 2.31. The Morgan fingerprint density at radius 1 is 1.33 bits per heavy atom. The molecule has 104 valence electrons. The average molecular weight is 258 g/mol. The molecule has 1 saturated carbocycles. The zero-order chi connectivity index (χ0) is 13.6. The van der Waals surface area contributed by atoms with Crippen LogP contribution < -0.4 is 10.6 Å². The van der Waals surface area contributed by atoms with Crippen LogP contribution in [0, 0.1) is 5.41 Å². The normalized spacial score (nSPS) is 18.4. The van der Waals surface area contributed by atoms with Gasteiger partial charge in [-0.3, -0.25) is 4.79 Å². The summed E-state index contributed by atoms with van der Waals surface area (Å²) in [6.07, 6.45) is 2.71. The molecule has 1 atom stereocenters. The van der Waals surface area contributed by atoms with Gasteiger partial charge in [0.05, 0.1) is 13.7 Å². The molecule has 2 amide bonds. The summed E-state index contributed by atoms with van der Waals surface area (Å²) in [5, 5.41) is 5.28. The van der Waals surface area contributed by atoms with Crippen LogP contribution in [0.3, 0.4) is 0 Å². The van der Waals surface area contributed by atoms with E-state index in [0.29, 0.717) is 13.2 Å². The van der Waals surface area contributed by atoms with E-state index in [0.717, 1.165) is 12.8 Å². The van der Waals surface area contributed by atoms with Gasteiger partial charge in [-0.15, -0.1) is 0 Å². The second kappa shape index (κ2) is 6.58. The first-order valence-corrected chi connectivity index (χ1v) is 6.14. The van der Waals surface area contributed by atoms with E-state index in [1.807, 2.05) is 0 Å². The molecule has 0 aromatic carbocycles. The number of methoxy groups -OCH3 is 2. The lowest BCUT2D eigenvalue weighted by Gasteiger charge is -2.41. The molecule has 6 heteroatoms. The Bertz CT molecular complexity index is 302. The molecule has 1 rings (SSSR count). The van der Waals surface area contributed by atoms with E-state index < -0.39 is 12.1 Å². The first kappa shape index (κ1) is 14.8. The fourth-order valence-corrected chi connectivity index (χ4v) is 2.08. The molecule has 0 aromatic heterocycles. The number of carbonyl (C=O) groups excluding carboxylic acids is 2. The number of hydrogen-bond donors (Lipinski definition) is 2. The second-order valence-corrected chi connectivity index (χ2v) is 4.86. The molecule has 0 heterocycles. The minimum Gasteiger partial charge on any atom is -0.453 e. The number of alkyl carbamates (subject to hydrolysis) is 1. The van der Waals surface area contributed by atoms with E-state index in [1.165, 1.54) is 13.5 Å². The highest BCUT2D eigenvalue weighted by molar-refractivity contribution is 5.85. The third kappa shape index (κ3) is 3.87. The van der Waals surface area contributed by atoms with Gasteiger partial charge in [0.1, 0.15) is 6.04 Å². The summed E-state index contributed by atoms with van der Waals surface area (Å²) in [5.41, 5.74) is 0.0788. The number of nitrogens with one attached hydrogen (secondary N) is 2. The summed E-state index contributed by atoms with van der Waals surface area (Å²) in [7, 11) is 2.94. The molecule has 0 bridgehead atoms. The maximum Gasteiger partial charge on any atom is 0.407 e. The van der Waals surface area contributed by atoms with Gasteiger partial charge in [-0.2, -0.15) is 0 Å². The van der Waals surface area contributed by atoms with Crippen LogP contribution in [-0.4, -0.2) is 45.4 Å². The van der Waals surface area contributed by atoms with Crippen LogP contribution in [0.4, 0.5) is 4.79 Å². The van der Waals surface area contributed by atoms with Crippen molar-refractivity contribution in [1.29, 1.82) is 0 Å². The van der Waals surface area contributed by atoms with Crippen molar-refractivity contribution >= 4 is 12.0 Å². The molecule has 1 aliphatic carbocycles. The van der Waals surface area contributed by atoms with Gasteiger partial charge in [0.25, 0.3) is 0 Å². The summed E-state index contributed by atoms with van der Waals surface area (Å²) < 4.78 is 9.62. The summed E-state index contributed by atoms with van der Waals surface area (Å²) >= 11 is 0.